The average molecular weight is 364 g/mol. The summed E-state index contributed by atoms with van der Waals surface area (Å²) in [6.45, 7) is 2.69. The number of likely N-dealkylation sites (tertiary alicyclic amines) is 1. The van der Waals surface area contributed by atoms with Gasteiger partial charge in [0, 0.05) is 12.6 Å². The van der Waals surface area contributed by atoms with Crippen molar-refractivity contribution in [1.82, 2.24) is 10.1 Å². The topological polar surface area (TPSA) is 55.6 Å². The first-order valence-electron chi connectivity index (χ1n) is 8.31. The Balaban J connectivity index is 1.77. The van der Waals surface area contributed by atoms with Gasteiger partial charge in [-0.15, -0.1) is 0 Å². The van der Waals surface area contributed by atoms with Crippen molar-refractivity contribution in [3.63, 3.8) is 0 Å². The minimum Gasteiger partial charge on any atom is -0.494 e. The Labute approximate surface area is 150 Å². The van der Waals surface area contributed by atoms with E-state index in [9.17, 15) is 9.18 Å². The largest absolute Gasteiger partial charge is 0.494 e. The molecule has 3 rings (SSSR count). The van der Waals surface area contributed by atoms with Gasteiger partial charge in [-0.3, -0.25) is 4.79 Å². The number of carbonyl (C=O) groups is 1. The standard InChI is InChI=1S/C18H21FN2O3S/c1-3-25-11-13-10-15(20-24-13)18(22)21-8-4-5-16(21)12-6-7-17(23-2)14(19)9-12/h6-7,9-10,16H,3-5,8,11H2,1-2H3. The van der Waals surface area contributed by atoms with Crippen molar-refractivity contribution in [3.05, 3.63) is 47.1 Å². The average Bonchev–Trinajstić information content (AvgIpc) is 3.28. The monoisotopic (exact) mass is 364 g/mol. The Hall–Kier alpha value is -2.02. The van der Waals surface area contributed by atoms with Gasteiger partial charge in [-0.05, 0) is 36.3 Å². The number of hydrogen-bond acceptors (Lipinski definition) is 5. The number of rotatable bonds is 6. The van der Waals surface area contributed by atoms with E-state index in [-0.39, 0.29) is 17.7 Å². The number of carbonyl (C=O) groups excluding carboxylic acids is 1. The third-order valence-corrected chi connectivity index (χ3v) is 5.20. The Kier molecular flexibility index (Phi) is 5.63. The first-order chi connectivity index (χ1) is 12.1. The third-order valence-electron chi connectivity index (χ3n) is 4.30. The van der Waals surface area contributed by atoms with Crippen molar-refractivity contribution in [2.24, 2.45) is 0 Å². The molecule has 1 aromatic heterocycles. The highest BCUT2D eigenvalue weighted by atomic mass is 32.2. The molecule has 1 saturated heterocycles. The van der Waals surface area contributed by atoms with Gasteiger partial charge < -0.3 is 14.2 Å². The number of amides is 1. The summed E-state index contributed by atoms with van der Waals surface area (Å²) in [4.78, 5) is 14.5. The van der Waals surface area contributed by atoms with Crippen LogP contribution >= 0.6 is 11.8 Å². The zero-order valence-electron chi connectivity index (χ0n) is 14.3. The molecule has 1 amide bonds. The zero-order chi connectivity index (χ0) is 17.8. The fourth-order valence-corrected chi connectivity index (χ4v) is 3.62. The minimum absolute atomic E-state index is 0.155. The predicted molar refractivity (Wildman–Crippen MR) is 94.3 cm³/mol. The molecule has 0 aliphatic carbocycles. The Morgan fingerprint density at radius 1 is 1.48 bits per heavy atom. The van der Waals surface area contributed by atoms with Crippen LogP contribution in [0, 0.1) is 5.82 Å². The van der Waals surface area contributed by atoms with E-state index in [1.807, 2.05) is 6.07 Å². The quantitative estimate of drug-likeness (QED) is 0.774. The highest BCUT2D eigenvalue weighted by molar-refractivity contribution is 7.98. The minimum atomic E-state index is -0.417. The Morgan fingerprint density at radius 2 is 2.32 bits per heavy atom. The second-order valence-electron chi connectivity index (χ2n) is 5.87. The van der Waals surface area contributed by atoms with Crippen LogP contribution in [-0.4, -0.2) is 35.4 Å². The van der Waals surface area contributed by atoms with Crippen LogP contribution in [0.15, 0.2) is 28.8 Å². The van der Waals surface area contributed by atoms with Crippen molar-refractivity contribution in [1.29, 1.82) is 0 Å². The lowest BCUT2D eigenvalue weighted by Gasteiger charge is -2.24. The Bertz CT molecular complexity index is 750. The van der Waals surface area contributed by atoms with Gasteiger partial charge in [-0.1, -0.05) is 18.1 Å². The smallest absolute Gasteiger partial charge is 0.276 e. The molecule has 2 heterocycles. The summed E-state index contributed by atoms with van der Waals surface area (Å²) in [6, 6.07) is 6.40. The van der Waals surface area contributed by atoms with Crippen molar-refractivity contribution in [2.45, 2.75) is 31.6 Å². The number of benzene rings is 1. The van der Waals surface area contributed by atoms with Crippen molar-refractivity contribution < 1.29 is 18.4 Å². The van der Waals surface area contributed by atoms with E-state index >= 15 is 0 Å². The van der Waals surface area contributed by atoms with Crippen LogP contribution in [0.5, 0.6) is 5.75 Å². The molecule has 1 aliphatic heterocycles. The van der Waals surface area contributed by atoms with Crippen molar-refractivity contribution >= 4 is 17.7 Å². The molecule has 1 aliphatic rings. The maximum atomic E-state index is 14.0. The Morgan fingerprint density at radius 3 is 3.04 bits per heavy atom. The van der Waals surface area contributed by atoms with Gasteiger partial charge in [0.1, 0.15) is 5.76 Å². The summed E-state index contributed by atoms with van der Waals surface area (Å²) >= 11 is 1.71. The molecule has 5 nitrogen and oxygen atoms in total. The van der Waals surface area contributed by atoms with Gasteiger partial charge in [-0.2, -0.15) is 11.8 Å². The number of nitrogens with zero attached hydrogens (tertiary/aromatic N) is 2. The maximum Gasteiger partial charge on any atom is 0.276 e. The number of ether oxygens (including phenoxy) is 1. The van der Waals surface area contributed by atoms with E-state index in [2.05, 4.69) is 12.1 Å². The molecule has 7 heteroatoms. The lowest BCUT2D eigenvalue weighted by molar-refractivity contribution is 0.0725. The second kappa shape index (κ2) is 7.91. The molecular formula is C18H21FN2O3S. The molecule has 2 aromatic rings. The summed E-state index contributed by atoms with van der Waals surface area (Å²) in [5.41, 5.74) is 1.09. The van der Waals surface area contributed by atoms with Gasteiger partial charge >= 0.3 is 0 Å². The fraction of sp³-hybridized carbons (Fsp3) is 0.444. The number of methoxy groups -OCH3 is 1. The van der Waals surface area contributed by atoms with Crippen LogP contribution in [0.25, 0.3) is 0 Å². The lowest BCUT2D eigenvalue weighted by Crippen LogP contribution is -2.30. The molecule has 0 spiro atoms. The van der Waals surface area contributed by atoms with Crippen molar-refractivity contribution in [3.8, 4) is 5.75 Å². The predicted octanol–water partition coefficient (Wildman–Crippen LogP) is 4.05. The number of halogens is 1. The maximum absolute atomic E-state index is 14.0. The number of aromatic nitrogens is 1. The molecule has 1 unspecified atom stereocenters. The number of hydrogen-bond donors (Lipinski definition) is 0. The van der Waals surface area contributed by atoms with Gasteiger partial charge in [0.05, 0.1) is 18.9 Å². The summed E-state index contributed by atoms with van der Waals surface area (Å²) in [6.07, 6.45) is 1.67. The van der Waals surface area contributed by atoms with E-state index < -0.39 is 5.82 Å². The van der Waals surface area contributed by atoms with Crippen LogP contribution in [0.1, 0.15) is 47.6 Å². The molecule has 1 atom stereocenters. The summed E-state index contributed by atoms with van der Waals surface area (Å²) in [7, 11) is 1.43. The van der Waals surface area contributed by atoms with Crippen LogP contribution in [0.4, 0.5) is 4.39 Å². The molecule has 0 N–H and O–H groups in total. The molecule has 1 fully saturated rings. The van der Waals surface area contributed by atoms with E-state index in [1.165, 1.54) is 13.2 Å². The highest BCUT2D eigenvalue weighted by Gasteiger charge is 2.32. The molecule has 134 valence electrons. The summed E-state index contributed by atoms with van der Waals surface area (Å²) in [5, 5.41) is 3.91. The first kappa shape index (κ1) is 17.8. The zero-order valence-corrected chi connectivity index (χ0v) is 15.1. The van der Waals surface area contributed by atoms with Gasteiger partial charge in [0.25, 0.3) is 5.91 Å². The fourth-order valence-electron chi connectivity index (χ4n) is 3.08. The molecule has 0 radical (unpaired) electrons. The van der Waals surface area contributed by atoms with Crippen LogP contribution in [0.2, 0.25) is 0 Å². The van der Waals surface area contributed by atoms with Gasteiger partial charge in [0.15, 0.2) is 17.3 Å². The second-order valence-corrected chi connectivity index (χ2v) is 7.14. The van der Waals surface area contributed by atoms with Crippen molar-refractivity contribution in [2.75, 3.05) is 19.4 Å². The highest BCUT2D eigenvalue weighted by Crippen LogP contribution is 2.34. The van der Waals surface area contributed by atoms with E-state index in [1.54, 1.807) is 28.8 Å². The van der Waals surface area contributed by atoms with Gasteiger partial charge in [0.2, 0.25) is 0 Å². The van der Waals surface area contributed by atoms with Crippen LogP contribution < -0.4 is 4.74 Å². The first-order valence-corrected chi connectivity index (χ1v) is 9.47. The number of thioether (sulfide) groups is 1. The third kappa shape index (κ3) is 3.81. The lowest BCUT2D eigenvalue weighted by atomic mass is 10.0. The van der Waals surface area contributed by atoms with E-state index in [0.717, 1.165) is 24.2 Å². The SMILES string of the molecule is CCSCc1cc(C(=O)N2CCCC2c2ccc(OC)c(F)c2)no1. The molecule has 0 bridgehead atoms. The summed E-state index contributed by atoms with van der Waals surface area (Å²) in [5.74, 6) is 1.98. The molecule has 1 aromatic carbocycles. The van der Waals surface area contributed by atoms with Gasteiger partial charge in [-0.25, -0.2) is 4.39 Å². The van der Waals surface area contributed by atoms with E-state index in [4.69, 9.17) is 9.26 Å². The van der Waals surface area contributed by atoms with E-state index in [0.29, 0.717) is 23.8 Å². The summed E-state index contributed by atoms with van der Waals surface area (Å²) < 4.78 is 24.2. The van der Waals surface area contributed by atoms with Crippen LogP contribution in [0.3, 0.4) is 0 Å². The normalized spacial score (nSPS) is 17.1. The molecule has 0 saturated carbocycles. The molecule has 25 heavy (non-hydrogen) atoms. The van der Waals surface area contributed by atoms with Crippen LogP contribution in [-0.2, 0) is 5.75 Å². The molecular weight excluding hydrogens is 343 g/mol.